The van der Waals surface area contributed by atoms with Crippen molar-refractivity contribution in [3.63, 3.8) is 0 Å². The summed E-state index contributed by atoms with van der Waals surface area (Å²) in [6.45, 7) is 33.5. The predicted molar refractivity (Wildman–Crippen MR) is 237 cm³/mol. The van der Waals surface area contributed by atoms with E-state index in [4.69, 9.17) is 0 Å². The standard InChI is InChI=1S/C17H33NP.C17H32NP.2C4H11Si.2Co/c2*1-2-13-18-14-15-19(16-9-5-3-6-10-16)17-11-7-4-8-12-17;2*1-5(2,3)4;;/h16-18H,1-15H2;16-17H,1-15H2;2*1H2,2-4H3;;/q-1;-2;2*-1;2*+3/p+2. The average Bonchev–Trinajstić information content (AvgIpc) is 3.05. The normalized spacial score (nSPS) is 19.9. The van der Waals surface area contributed by atoms with E-state index in [9.17, 15) is 0 Å². The number of hydrogen-bond acceptors (Lipinski definition) is 1. The van der Waals surface area contributed by atoms with Gasteiger partial charge in [-0.05, 0) is 109 Å². The molecule has 0 unspecified atom stereocenters. The van der Waals surface area contributed by atoms with Gasteiger partial charge in [-0.3, -0.25) is 0 Å². The molecule has 8 heteroatoms. The van der Waals surface area contributed by atoms with Crippen LogP contribution in [-0.2, 0) is 33.6 Å². The van der Waals surface area contributed by atoms with Crippen molar-refractivity contribution in [3.8, 4) is 0 Å². The zero-order valence-corrected chi connectivity index (χ0v) is 40.6. The fraction of sp³-hybridized carbons (Fsp3) is 0.905. The minimum atomic E-state index is -0.861. The molecule has 0 radical (unpaired) electrons. The van der Waals surface area contributed by atoms with E-state index in [1.54, 1.807) is 51.4 Å². The molecular formula is C42H89Co2N2P2Si2+3. The molecule has 0 spiro atoms. The Kier molecular flexibility index (Phi) is 36.3. The largest absolute Gasteiger partial charge is 3.00 e. The van der Waals surface area contributed by atoms with Crippen molar-refractivity contribution >= 4 is 32.0 Å². The summed E-state index contributed by atoms with van der Waals surface area (Å²) in [4.78, 5) is 0. The van der Waals surface area contributed by atoms with Gasteiger partial charge in [-0.1, -0.05) is 65.0 Å². The van der Waals surface area contributed by atoms with Crippen LogP contribution in [0.5, 0.6) is 0 Å². The number of nitrogens with zero attached hydrogens (tertiary/aromatic N) is 1. The second-order valence-corrected chi connectivity index (χ2v) is 35.0. The minimum Gasteiger partial charge on any atom is -0.661 e. The third kappa shape index (κ3) is 31.4. The first-order valence-electron chi connectivity index (χ1n) is 21.2. The molecule has 50 heavy (non-hydrogen) atoms. The van der Waals surface area contributed by atoms with Crippen LogP contribution in [0.4, 0.5) is 0 Å². The summed E-state index contributed by atoms with van der Waals surface area (Å²) in [7, 11) is -1.97. The topological polar surface area (TPSA) is 26.1 Å². The van der Waals surface area contributed by atoms with Gasteiger partial charge in [-0.25, -0.2) is 6.42 Å². The molecule has 0 heterocycles. The molecule has 0 atom stereocenters. The van der Waals surface area contributed by atoms with Crippen molar-refractivity contribution in [1.29, 1.82) is 0 Å². The van der Waals surface area contributed by atoms with Crippen LogP contribution in [-0.4, -0.2) is 77.3 Å². The number of rotatable bonds is 14. The molecule has 4 fully saturated rings. The minimum absolute atomic E-state index is 0. The van der Waals surface area contributed by atoms with E-state index < -0.39 is 16.1 Å². The Morgan fingerprint density at radius 3 is 1.06 bits per heavy atom. The molecule has 0 aromatic carbocycles. The van der Waals surface area contributed by atoms with Crippen molar-refractivity contribution in [2.24, 2.45) is 0 Å². The van der Waals surface area contributed by atoms with Crippen LogP contribution >= 0.6 is 15.8 Å². The van der Waals surface area contributed by atoms with E-state index in [-0.39, 0.29) is 49.4 Å². The second-order valence-electron chi connectivity index (χ2n) is 18.2. The van der Waals surface area contributed by atoms with E-state index in [2.05, 4.69) is 76.9 Å². The van der Waals surface area contributed by atoms with Gasteiger partial charge in [0.1, 0.15) is 0 Å². The summed E-state index contributed by atoms with van der Waals surface area (Å²) in [6.07, 6.45) is 35.7. The Hall–Kier alpha value is 2.23. The Labute approximate surface area is 342 Å². The Morgan fingerprint density at radius 2 is 0.780 bits per heavy atom. The van der Waals surface area contributed by atoms with Gasteiger partial charge in [0.25, 0.3) is 0 Å². The van der Waals surface area contributed by atoms with Gasteiger partial charge in [0, 0.05) is 28.5 Å². The molecule has 0 saturated heterocycles. The van der Waals surface area contributed by atoms with Crippen molar-refractivity contribution in [2.75, 3.05) is 38.5 Å². The average molecular weight is 858 g/mol. The molecule has 300 valence electrons. The zero-order valence-electron chi connectivity index (χ0n) is 34.6. The van der Waals surface area contributed by atoms with E-state index in [1.807, 2.05) is 0 Å². The van der Waals surface area contributed by atoms with Crippen molar-refractivity contribution < 1.29 is 33.6 Å². The van der Waals surface area contributed by atoms with Gasteiger partial charge >= 0.3 is 33.6 Å². The van der Waals surface area contributed by atoms with Crippen LogP contribution < -0.4 is 5.32 Å². The number of hydrogen-bond donors (Lipinski definition) is 1. The van der Waals surface area contributed by atoms with Crippen LogP contribution in [0.3, 0.4) is 0 Å². The first-order valence-corrected chi connectivity index (χ1v) is 32.3. The molecule has 0 aliphatic heterocycles. The molecule has 4 aliphatic rings. The third-order valence-electron chi connectivity index (χ3n) is 10.3. The first-order chi connectivity index (χ1) is 22.8. The maximum Gasteiger partial charge on any atom is 3.00 e. The fourth-order valence-corrected chi connectivity index (χ4v) is 16.7. The van der Waals surface area contributed by atoms with E-state index in [1.165, 1.54) is 95.9 Å². The molecule has 1 N–H and O–H groups in total. The van der Waals surface area contributed by atoms with Crippen molar-refractivity contribution in [3.05, 3.63) is 32.3 Å². The maximum atomic E-state index is 4.68. The van der Waals surface area contributed by atoms with E-state index in [0.29, 0.717) is 0 Å². The van der Waals surface area contributed by atoms with Crippen LogP contribution in [0.15, 0.2) is 0 Å². The molecule has 4 aliphatic carbocycles. The second kappa shape index (κ2) is 33.4. The van der Waals surface area contributed by atoms with Crippen LogP contribution in [0.1, 0.15) is 141 Å². The first kappa shape index (κ1) is 54.3. The van der Waals surface area contributed by atoms with Crippen LogP contribution in [0.2, 0.25) is 39.3 Å². The molecule has 4 saturated carbocycles. The van der Waals surface area contributed by atoms with Gasteiger partial charge in [0.05, 0.1) is 28.8 Å². The Bertz CT molecular complexity index is 606. The summed E-state index contributed by atoms with van der Waals surface area (Å²) >= 11 is 0. The summed E-state index contributed by atoms with van der Waals surface area (Å²) < 4.78 is 0. The fourth-order valence-electron chi connectivity index (χ4n) is 8.29. The predicted octanol–water partition coefficient (Wildman–Crippen LogP) is 13.5. The quantitative estimate of drug-likeness (QED) is 0.0801. The Morgan fingerprint density at radius 1 is 0.480 bits per heavy atom. The molecular weight excluding hydrogens is 768 g/mol. The number of nitrogens with one attached hydrogen (secondary N) is 1. The zero-order chi connectivity index (χ0) is 35.7. The molecule has 4 rings (SSSR count). The summed E-state index contributed by atoms with van der Waals surface area (Å²) in [5, 5.41) is 8.29. The van der Waals surface area contributed by atoms with Gasteiger partial charge in [0.15, 0.2) is 0 Å². The van der Waals surface area contributed by atoms with E-state index in [0.717, 1.165) is 55.1 Å². The van der Waals surface area contributed by atoms with Crippen LogP contribution in [0.25, 0.3) is 5.32 Å². The molecule has 0 bridgehead atoms. The molecule has 0 aromatic rings. The summed E-state index contributed by atoms with van der Waals surface area (Å²) in [5.74, 6) is 0. The van der Waals surface area contributed by atoms with Crippen LogP contribution in [0, 0.1) is 26.9 Å². The summed E-state index contributed by atoms with van der Waals surface area (Å²) in [6, 6.07) is 0. The van der Waals surface area contributed by atoms with Gasteiger partial charge in [-0.2, -0.15) is 13.0 Å². The SMILES string of the molecule is [CH2-]CCNCC[PH+](C1CCCCC1)C1CCCCC1.[CH2-]CC[N-]CC[PH+](C1CCCCC1)C1CCCCC1.[CH2-][Si](C)(C)C.[CH2-][Si](C)(C)C.[Co+3].[Co+3]. The smallest absolute Gasteiger partial charge is 0.661 e. The monoisotopic (exact) mass is 857 g/mol. The summed E-state index contributed by atoms with van der Waals surface area (Å²) in [5.41, 5.74) is 4.58. The van der Waals surface area contributed by atoms with Gasteiger partial charge < -0.3 is 37.6 Å². The maximum absolute atomic E-state index is 4.68. The Balaban J connectivity index is 0. The van der Waals surface area contributed by atoms with Crippen molar-refractivity contribution in [2.45, 2.75) is 203 Å². The molecule has 0 aromatic heterocycles. The van der Waals surface area contributed by atoms with Gasteiger partial charge in [-0.15, -0.1) is 22.7 Å². The molecule has 0 amide bonds. The molecule has 2 nitrogen and oxygen atoms in total. The van der Waals surface area contributed by atoms with Crippen molar-refractivity contribution in [1.82, 2.24) is 5.32 Å². The third-order valence-corrected chi connectivity index (χ3v) is 18.5. The van der Waals surface area contributed by atoms with E-state index >= 15 is 0 Å². The van der Waals surface area contributed by atoms with Gasteiger partial charge in [0.2, 0.25) is 0 Å².